The number of ether oxygens (including phenoxy) is 4. The molecular weight excluding hydrogens is 428 g/mol. The van der Waals surface area contributed by atoms with Crippen molar-refractivity contribution in [2.45, 2.75) is 94.9 Å². The van der Waals surface area contributed by atoms with E-state index in [1.54, 1.807) is 0 Å². The average Bonchev–Trinajstić information content (AvgIpc) is 3.12. The normalized spacial score (nSPS) is 53.5. The Hall–Kier alpha value is -1.06. The van der Waals surface area contributed by atoms with Crippen LogP contribution in [0.15, 0.2) is 0 Å². The minimum absolute atomic E-state index is 0.0407. The Bertz CT molecular complexity index is 884. The predicted octanol–water partition coefficient (Wildman–Crippen LogP) is 1.74. The van der Waals surface area contributed by atoms with E-state index in [1.165, 1.54) is 6.92 Å². The molecule has 0 unspecified atom stereocenters. The minimum Gasteiger partial charge on any atom is -0.458 e. The van der Waals surface area contributed by atoms with Gasteiger partial charge in [0, 0.05) is 30.6 Å². The summed E-state index contributed by atoms with van der Waals surface area (Å²) in [6.07, 6.45) is 4.05. The van der Waals surface area contributed by atoms with Crippen molar-refractivity contribution in [1.29, 1.82) is 0 Å². The third-order valence-corrected chi connectivity index (χ3v) is 10.8. The lowest BCUT2D eigenvalue weighted by Gasteiger charge is -2.62. The standard InChI is InChI=1S/C25H36O8/c1-14(26)30-12-18(28)24(29)5-4-16-15-10-19-25(33-19)13-23(31-8-9-32-23)7-6-21(25,2)20(15)17(27)11-22(16,24)3/h15-17,19-20,27,29H,4-13H2,1-3H3/t15-,16-,17+,19-,20+,21+,22-,24-,25-/m0/s1. The molecule has 0 aromatic heterocycles. The molecule has 4 aliphatic carbocycles. The van der Waals surface area contributed by atoms with E-state index in [4.69, 9.17) is 18.9 Å². The molecule has 0 radical (unpaired) electrons. The molecule has 184 valence electrons. The minimum atomic E-state index is -1.60. The molecule has 0 amide bonds. The molecule has 0 bridgehead atoms. The van der Waals surface area contributed by atoms with Gasteiger partial charge in [0.2, 0.25) is 5.78 Å². The number of Topliss-reactive ketones (excluding diaryl/α,β-unsaturated/α-hetero) is 1. The van der Waals surface area contributed by atoms with Crippen molar-refractivity contribution in [3.63, 3.8) is 0 Å². The zero-order chi connectivity index (χ0) is 23.4. The summed E-state index contributed by atoms with van der Waals surface area (Å²) >= 11 is 0. The highest BCUT2D eigenvalue weighted by Crippen LogP contribution is 2.75. The number of hydrogen-bond donors (Lipinski definition) is 2. The van der Waals surface area contributed by atoms with Crippen LogP contribution in [-0.2, 0) is 28.5 Å². The third-order valence-electron chi connectivity index (χ3n) is 10.8. The number of aliphatic hydroxyl groups is 2. The molecule has 2 saturated heterocycles. The second kappa shape index (κ2) is 6.78. The lowest BCUT2D eigenvalue weighted by Crippen LogP contribution is -2.66. The summed E-state index contributed by atoms with van der Waals surface area (Å²) in [4.78, 5) is 24.3. The molecule has 2 aliphatic heterocycles. The first-order valence-corrected chi connectivity index (χ1v) is 12.5. The monoisotopic (exact) mass is 464 g/mol. The van der Waals surface area contributed by atoms with Crippen molar-refractivity contribution in [2.24, 2.45) is 28.6 Å². The van der Waals surface area contributed by atoms with Gasteiger partial charge < -0.3 is 29.2 Å². The maximum atomic E-state index is 13.0. The summed E-state index contributed by atoms with van der Waals surface area (Å²) in [5, 5.41) is 23.2. The molecule has 8 nitrogen and oxygen atoms in total. The van der Waals surface area contributed by atoms with E-state index in [1.807, 2.05) is 6.92 Å². The number of aliphatic hydroxyl groups excluding tert-OH is 1. The maximum Gasteiger partial charge on any atom is 0.303 e. The summed E-state index contributed by atoms with van der Waals surface area (Å²) in [6, 6.07) is 0. The summed E-state index contributed by atoms with van der Waals surface area (Å²) in [5.74, 6) is -1.23. The third kappa shape index (κ3) is 2.70. The largest absolute Gasteiger partial charge is 0.458 e. The van der Waals surface area contributed by atoms with Gasteiger partial charge in [-0.25, -0.2) is 0 Å². The SMILES string of the molecule is CC(=O)OCC(=O)[C@@]1(O)CC[C@H]2[C@@H]3C[C@@H]4O[C@@]45CC4(CC[C@]5(C)[C@H]3[C@H](O)C[C@@]21C)OCCO4. The van der Waals surface area contributed by atoms with Crippen molar-refractivity contribution >= 4 is 11.8 Å². The second-order valence-electron chi connectivity index (χ2n) is 12.0. The highest BCUT2D eigenvalue weighted by atomic mass is 16.7. The van der Waals surface area contributed by atoms with Gasteiger partial charge in [0.1, 0.15) is 11.2 Å². The van der Waals surface area contributed by atoms with Crippen LogP contribution in [0.5, 0.6) is 0 Å². The molecule has 4 saturated carbocycles. The molecule has 6 rings (SSSR count). The molecule has 6 aliphatic rings. The van der Waals surface area contributed by atoms with Crippen LogP contribution in [0.1, 0.15) is 65.7 Å². The second-order valence-corrected chi connectivity index (χ2v) is 12.0. The summed E-state index contributed by atoms with van der Waals surface area (Å²) in [7, 11) is 0. The fourth-order valence-corrected chi connectivity index (χ4v) is 9.24. The van der Waals surface area contributed by atoms with Gasteiger partial charge in [-0.3, -0.25) is 9.59 Å². The first kappa shape index (κ1) is 22.4. The zero-order valence-corrected chi connectivity index (χ0v) is 19.8. The van der Waals surface area contributed by atoms with Crippen LogP contribution >= 0.6 is 0 Å². The molecule has 33 heavy (non-hydrogen) atoms. The Morgan fingerprint density at radius 2 is 1.82 bits per heavy atom. The summed E-state index contributed by atoms with van der Waals surface area (Å²) < 4.78 is 23.5. The van der Waals surface area contributed by atoms with Crippen molar-refractivity contribution in [3.8, 4) is 0 Å². The van der Waals surface area contributed by atoms with E-state index in [9.17, 15) is 19.8 Å². The number of fused-ring (bicyclic) bond motifs is 4. The molecule has 9 atom stereocenters. The van der Waals surface area contributed by atoms with Crippen LogP contribution in [0.2, 0.25) is 0 Å². The van der Waals surface area contributed by atoms with Crippen molar-refractivity contribution in [3.05, 3.63) is 0 Å². The topological polar surface area (TPSA) is 115 Å². The first-order valence-electron chi connectivity index (χ1n) is 12.5. The Kier molecular flexibility index (Phi) is 4.61. The van der Waals surface area contributed by atoms with Crippen LogP contribution in [0.25, 0.3) is 0 Å². The highest BCUT2D eigenvalue weighted by Gasteiger charge is 2.80. The number of epoxide rings is 1. The average molecular weight is 465 g/mol. The number of esters is 1. The number of ketones is 1. The van der Waals surface area contributed by atoms with E-state index in [0.717, 1.165) is 25.7 Å². The van der Waals surface area contributed by atoms with Gasteiger partial charge in [-0.1, -0.05) is 13.8 Å². The Morgan fingerprint density at radius 1 is 1.09 bits per heavy atom. The molecule has 0 aromatic rings. The van der Waals surface area contributed by atoms with Gasteiger partial charge in [-0.2, -0.15) is 0 Å². The van der Waals surface area contributed by atoms with Gasteiger partial charge in [-0.15, -0.1) is 0 Å². The number of carbonyl (C=O) groups is 2. The van der Waals surface area contributed by atoms with Crippen LogP contribution < -0.4 is 0 Å². The molecular formula is C25H36O8. The Labute approximate surface area is 194 Å². The van der Waals surface area contributed by atoms with Crippen LogP contribution in [0.3, 0.4) is 0 Å². The number of carbonyl (C=O) groups excluding carboxylic acids is 2. The lowest BCUT2D eigenvalue weighted by atomic mass is 9.43. The van der Waals surface area contributed by atoms with Crippen LogP contribution in [0.4, 0.5) is 0 Å². The molecule has 0 aromatic carbocycles. The molecule has 2 N–H and O–H groups in total. The summed E-state index contributed by atoms with van der Waals surface area (Å²) in [6.45, 7) is 6.28. The van der Waals surface area contributed by atoms with Gasteiger partial charge in [0.25, 0.3) is 0 Å². The quantitative estimate of drug-likeness (QED) is 0.480. The van der Waals surface area contributed by atoms with E-state index in [2.05, 4.69) is 6.92 Å². The van der Waals surface area contributed by atoms with E-state index in [0.29, 0.717) is 32.5 Å². The van der Waals surface area contributed by atoms with E-state index in [-0.39, 0.29) is 34.9 Å². The van der Waals surface area contributed by atoms with Gasteiger partial charge in [0.05, 0.1) is 25.4 Å². The van der Waals surface area contributed by atoms with Gasteiger partial charge in [0.15, 0.2) is 12.4 Å². The van der Waals surface area contributed by atoms with Crippen molar-refractivity contribution in [2.75, 3.05) is 19.8 Å². The van der Waals surface area contributed by atoms with E-state index < -0.39 is 41.3 Å². The van der Waals surface area contributed by atoms with Crippen molar-refractivity contribution in [1.82, 2.24) is 0 Å². The Balaban J connectivity index is 1.30. The van der Waals surface area contributed by atoms with Gasteiger partial charge >= 0.3 is 5.97 Å². The number of rotatable bonds is 3. The molecule has 2 spiro atoms. The predicted molar refractivity (Wildman–Crippen MR) is 114 cm³/mol. The van der Waals surface area contributed by atoms with E-state index >= 15 is 0 Å². The smallest absolute Gasteiger partial charge is 0.303 e. The number of hydrogen-bond acceptors (Lipinski definition) is 8. The summed E-state index contributed by atoms with van der Waals surface area (Å²) in [5.41, 5.74) is -2.89. The van der Waals surface area contributed by atoms with Crippen LogP contribution in [-0.4, -0.2) is 71.0 Å². The lowest BCUT2D eigenvalue weighted by molar-refractivity contribution is -0.242. The maximum absolute atomic E-state index is 13.0. The fourth-order valence-electron chi connectivity index (χ4n) is 9.24. The van der Waals surface area contributed by atoms with Crippen molar-refractivity contribution < 1.29 is 38.7 Å². The Morgan fingerprint density at radius 3 is 2.52 bits per heavy atom. The molecule has 6 fully saturated rings. The first-order chi connectivity index (χ1) is 15.5. The van der Waals surface area contributed by atoms with Gasteiger partial charge in [-0.05, 0) is 49.9 Å². The van der Waals surface area contributed by atoms with Crippen LogP contribution in [0, 0.1) is 28.6 Å². The zero-order valence-electron chi connectivity index (χ0n) is 19.8. The highest BCUT2D eigenvalue weighted by molar-refractivity contribution is 5.91. The fraction of sp³-hybridized carbons (Fsp3) is 0.920. The molecule has 8 heteroatoms. The molecule has 2 heterocycles.